The maximum absolute atomic E-state index is 13.8. The van der Waals surface area contributed by atoms with Crippen LogP contribution in [0.5, 0.6) is 5.75 Å². The molecule has 2 N–H and O–H groups in total. The minimum atomic E-state index is -1.40. The quantitative estimate of drug-likeness (QED) is 0.244. The number of phenolic OH excluding ortho intramolecular Hbond substituents is 1. The summed E-state index contributed by atoms with van der Waals surface area (Å²) in [6.07, 6.45) is 0. The molecular weight excluding hydrogens is 492 g/mol. The van der Waals surface area contributed by atoms with E-state index in [1.807, 2.05) is 12.1 Å². The van der Waals surface area contributed by atoms with Crippen LogP contribution in [-0.4, -0.2) is 39.3 Å². The van der Waals surface area contributed by atoms with E-state index in [2.05, 4.69) is 15.5 Å². The van der Waals surface area contributed by atoms with Crippen LogP contribution in [0.3, 0.4) is 0 Å². The topological polar surface area (TPSA) is 129 Å². The van der Waals surface area contributed by atoms with E-state index in [1.165, 1.54) is 12.1 Å². The molecule has 0 spiro atoms. The summed E-state index contributed by atoms with van der Waals surface area (Å²) in [5, 5.41) is 14.3. The molecule has 1 aliphatic rings. The molecule has 10 heteroatoms. The Labute approximate surface area is 215 Å². The largest absolute Gasteiger partial charge is 0.507 e. The van der Waals surface area contributed by atoms with E-state index in [9.17, 15) is 24.3 Å². The van der Waals surface area contributed by atoms with Crippen LogP contribution in [0.2, 0.25) is 0 Å². The summed E-state index contributed by atoms with van der Waals surface area (Å²) in [4.78, 5) is 58.7. The number of nitrogens with zero attached hydrogens (tertiary/aromatic N) is 3. The first-order valence-corrected chi connectivity index (χ1v) is 12.1. The molecular formula is C27H20N4O5S. The Balaban J connectivity index is 1.63. The van der Waals surface area contributed by atoms with Gasteiger partial charge in [0.1, 0.15) is 22.4 Å². The molecule has 0 bridgehead atoms. The van der Waals surface area contributed by atoms with Gasteiger partial charge in [-0.15, -0.1) is 11.3 Å². The predicted octanol–water partition coefficient (Wildman–Crippen LogP) is 3.63. The van der Waals surface area contributed by atoms with Crippen LogP contribution in [-0.2, 0) is 14.4 Å². The first-order valence-electron chi connectivity index (χ1n) is 11.3. The second-order valence-corrected chi connectivity index (χ2v) is 9.52. The fourth-order valence-electron chi connectivity index (χ4n) is 4.24. The number of imide groups is 1. The van der Waals surface area contributed by atoms with Crippen molar-refractivity contribution in [1.29, 1.82) is 0 Å². The third-order valence-corrected chi connectivity index (χ3v) is 7.12. The molecule has 0 radical (unpaired) electrons. The number of aromatic hydroxyl groups is 1. The first kappa shape index (κ1) is 24.0. The molecule has 3 amide bonds. The van der Waals surface area contributed by atoms with Crippen molar-refractivity contribution in [1.82, 2.24) is 10.4 Å². The average molecular weight is 513 g/mol. The number of Topliss-reactive ketones (excluding diaryl/α,β-unsaturated/α-hetero) is 1. The number of piperidine rings is 1. The molecule has 184 valence electrons. The lowest BCUT2D eigenvalue weighted by atomic mass is 9.91. The second kappa shape index (κ2) is 9.40. The van der Waals surface area contributed by atoms with Gasteiger partial charge in [0.05, 0.1) is 21.5 Å². The molecule has 3 aromatic carbocycles. The lowest BCUT2D eigenvalue weighted by Gasteiger charge is -2.30. The highest BCUT2D eigenvalue weighted by atomic mass is 32.1. The summed E-state index contributed by atoms with van der Waals surface area (Å²) in [6, 6.07) is 18.2. The van der Waals surface area contributed by atoms with E-state index in [1.54, 1.807) is 56.3 Å². The molecule has 9 nitrogen and oxygen atoms in total. The highest BCUT2D eigenvalue weighted by Crippen LogP contribution is 2.35. The summed E-state index contributed by atoms with van der Waals surface area (Å²) < 4.78 is 0.764. The Morgan fingerprint density at radius 3 is 2.32 bits per heavy atom. The molecule has 4 aromatic rings. The molecule has 2 heterocycles. The second-order valence-electron chi connectivity index (χ2n) is 8.46. The Bertz CT molecular complexity index is 1590. The number of benzene rings is 3. The van der Waals surface area contributed by atoms with Crippen LogP contribution in [0.4, 0.5) is 5.69 Å². The zero-order valence-electron chi connectivity index (χ0n) is 19.8. The number of rotatable bonds is 4. The van der Waals surface area contributed by atoms with Crippen molar-refractivity contribution < 1.29 is 24.3 Å². The molecule has 1 aromatic heterocycles. The number of carbonyl (C=O) groups excluding carboxylic acids is 4. The number of amides is 3. The number of anilines is 1. The lowest BCUT2D eigenvalue weighted by molar-refractivity contribution is -0.139. The number of aryl methyl sites for hydroxylation is 2. The first-order chi connectivity index (χ1) is 17.8. The van der Waals surface area contributed by atoms with Gasteiger partial charge in [-0.25, -0.2) is 15.3 Å². The van der Waals surface area contributed by atoms with Gasteiger partial charge in [-0.1, -0.05) is 42.5 Å². The molecule has 1 atom stereocenters. The predicted molar refractivity (Wildman–Crippen MR) is 139 cm³/mol. The molecule has 37 heavy (non-hydrogen) atoms. The van der Waals surface area contributed by atoms with Gasteiger partial charge >= 0.3 is 5.91 Å². The minimum Gasteiger partial charge on any atom is -0.507 e. The van der Waals surface area contributed by atoms with E-state index in [-0.39, 0.29) is 27.7 Å². The van der Waals surface area contributed by atoms with Crippen molar-refractivity contribution in [2.24, 2.45) is 5.10 Å². The van der Waals surface area contributed by atoms with Gasteiger partial charge in [0.2, 0.25) is 5.78 Å². The van der Waals surface area contributed by atoms with Crippen molar-refractivity contribution in [2.45, 2.75) is 19.8 Å². The van der Waals surface area contributed by atoms with E-state index in [0.717, 1.165) is 20.9 Å². The van der Waals surface area contributed by atoms with Gasteiger partial charge < -0.3 is 5.11 Å². The number of ketones is 1. The maximum atomic E-state index is 13.8. The number of phenols is 1. The third kappa shape index (κ3) is 4.17. The van der Waals surface area contributed by atoms with Gasteiger partial charge in [0.15, 0.2) is 0 Å². The zero-order chi connectivity index (χ0) is 26.3. The van der Waals surface area contributed by atoms with Crippen LogP contribution < -0.4 is 10.3 Å². The SMILES string of the molecule is Cc1cccc(C)c1N1C(=O)C(=O)C(c2nc3ccccc3s2)/C(=N/NC(=O)c2ccccc2O)C1=O. The van der Waals surface area contributed by atoms with Crippen LogP contribution in [0.15, 0.2) is 71.8 Å². The molecule has 1 saturated heterocycles. The van der Waals surface area contributed by atoms with Crippen LogP contribution in [0.25, 0.3) is 10.2 Å². The standard InChI is InChI=1S/C27H20N4O5S/c1-14-8-7-9-15(2)22(14)31-26(35)21(29-30-24(34)16-10-3-5-12-18(16)32)20(23(33)27(31)36)25-28-17-11-4-6-13-19(17)37-25/h3-13,20,32H,1-2H3,(H,30,34)/b29-21-. The average Bonchev–Trinajstić information content (AvgIpc) is 3.31. The van der Waals surface area contributed by atoms with Crippen molar-refractivity contribution in [3.05, 3.63) is 88.4 Å². The van der Waals surface area contributed by atoms with Gasteiger partial charge in [0, 0.05) is 0 Å². The zero-order valence-corrected chi connectivity index (χ0v) is 20.6. The third-order valence-electron chi connectivity index (χ3n) is 6.02. The van der Waals surface area contributed by atoms with E-state index >= 15 is 0 Å². The molecule has 0 saturated carbocycles. The Hall–Kier alpha value is -4.70. The number of thiazole rings is 1. The number of hydrogen-bond donors (Lipinski definition) is 2. The van der Waals surface area contributed by atoms with Crippen LogP contribution >= 0.6 is 11.3 Å². The van der Waals surface area contributed by atoms with Crippen molar-refractivity contribution in [3.8, 4) is 5.75 Å². The summed E-state index contributed by atoms with van der Waals surface area (Å²) in [5.74, 6) is -5.20. The summed E-state index contributed by atoms with van der Waals surface area (Å²) in [7, 11) is 0. The maximum Gasteiger partial charge on any atom is 0.302 e. The molecule has 0 aliphatic carbocycles. The van der Waals surface area contributed by atoms with E-state index in [4.69, 9.17) is 0 Å². The number of carbonyl (C=O) groups is 4. The summed E-state index contributed by atoms with van der Waals surface area (Å²) in [6.45, 7) is 3.45. The van der Waals surface area contributed by atoms with Crippen molar-refractivity contribution in [2.75, 3.05) is 4.90 Å². The highest BCUT2D eigenvalue weighted by molar-refractivity contribution is 7.19. The number of fused-ring (bicyclic) bond motifs is 1. The Morgan fingerprint density at radius 2 is 1.62 bits per heavy atom. The normalized spacial score (nSPS) is 17.0. The van der Waals surface area contributed by atoms with Crippen LogP contribution in [0, 0.1) is 13.8 Å². The molecule has 1 aliphatic heterocycles. The molecule has 1 unspecified atom stereocenters. The van der Waals surface area contributed by atoms with Crippen molar-refractivity contribution in [3.63, 3.8) is 0 Å². The number of aromatic nitrogens is 1. The fourth-order valence-corrected chi connectivity index (χ4v) is 5.31. The number of hydrazone groups is 1. The van der Waals surface area contributed by atoms with Gasteiger partial charge in [0.25, 0.3) is 11.8 Å². The van der Waals surface area contributed by atoms with Gasteiger partial charge in [-0.3, -0.25) is 19.2 Å². The number of para-hydroxylation sites is 3. The van der Waals surface area contributed by atoms with E-state index in [0.29, 0.717) is 16.6 Å². The molecule has 5 rings (SSSR count). The molecule has 1 fully saturated rings. The monoisotopic (exact) mass is 512 g/mol. The van der Waals surface area contributed by atoms with Gasteiger partial charge in [-0.2, -0.15) is 5.10 Å². The van der Waals surface area contributed by atoms with E-state index < -0.39 is 29.4 Å². The smallest absolute Gasteiger partial charge is 0.302 e. The minimum absolute atomic E-state index is 0.0688. The summed E-state index contributed by atoms with van der Waals surface area (Å²) in [5.41, 5.74) is 3.96. The fraction of sp³-hybridized carbons (Fsp3) is 0.111. The van der Waals surface area contributed by atoms with Crippen molar-refractivity contribution >= 4 is 56.5 Å². The number of nitrogens with one attached hydrogen (secondary N) is 1. The van der Waals surface area contributed by atoms with Gasteiger partial charge in [-0.05, 0) is 49.2 Å². The van der Waals surface area contributed by atoms with Crippen LogP contribution in [0.1, 0.15) is 32.4 Å². The summed E-state index contributed by atoms with van der Waals surface area (Å²) >= 11 is 1.16. The number of hydrogen-bond acceptors (Lipinski definition) is 8. The lowest BCUT2D eigenvalue weighted by Crippen LogP contribution is -2.55. The Kier molecular flexibility index (Phi) is 6.10. The highest BCUT2D eigenvalue weighted by Gasteiger charge is 2.49. The Morgan fingerprint density at radius 1 is 0.946 bits per heavy atom.